The highest BCUT2D eigenvalue weighted by molar-refractivity contribution is 9.10. The van der Waals surface area contributed by atoms with Crippen LogP contribution in [0.25, 0.3) is 0 Å². The molecule has 1 saturated heterocycles. The van der Waals surface area contributed by atoms with Crippen molar-refractivity contribution in [3.63, 3.8) is 0 Å². The first-order valence-electron chi connectivity index (χ1n) is 8.32. The van der Waals surface area contributed by atoms with Gasteiger partial charge in [0.2, 0.25) is 0 Å². The summed E-state index contributed by atoms with van der Waals surface area (Å²) < 4.78 is 6.99. The lowest BCUT2D eigenvalue weighted by Gasteiger charge is -2.22. The molecular formula is C18H28BrNO. The maximum absolute atomic E-state index is 5.73. The molecule has 0 aliphatic carbocycles. The fourth-order valence-electron chi connectivity index (χ4n) is 3.05. The van der Waals surface area contributed by atoms with Crippen molar-refractivity contribution in [2.45, 2.75) is 64.5 Å². The van der Waals surface area contributed by atoms with Gasteiger partial charge >= 0.3 is 0 Å². The third-order valence-electron chi connectivity index (χ3n) is 4.28. The zero-order valence-corrected chi connectivity index (χ0v) is 14.9. The summed E-state index contributed by atoms with van der Waals surface area (Å²) in [6.45, 7) is 6.43. The molecule has 1 N–H and O–H groups in total. The second kappa shape index (κ2) is 8.92. The van der Waals surface area contributed by atoms with Crippen molar-refractivity contribution in [3.05, 3.63) is 33.8 Å². The van der Waals surface area contributed by atoms with Crippen LogP contribution in [0, 0.1) is 6.92 Å². The Balaban J connectivity index is 1.94. The van der Waals surface area contributed by atoms with E-state index in [0.717, 1.165) is 13.2 Å². The van der Waals surface area contributed by atoms with Crippen molar-refractivity contribution < 1.29 is 4.74 Å². The number of rotatable bonds is 8. The molecule has 0 saturated carbocycles. The third kappa shape index (κ3) is 5.08. The van der Waals surface area contributed by atoms with Crippen molar-refractivity contribution in [2.24, 2.45) is 0 Å². The zero-order valence-electron chi connectivity index (χ0n) is 13.3. The van der Waals surface area contributed by atoms with Crippen LogP contribution in [-0.4, -0.2) is 19.3 Å². The number of nitrogens with one attached hydrogen (secondary N) is 1. The largest absolute Gasteiger partial charge is 0.378 e. The monoisotopic (exact) mass is 353 g/mol. The van der Waals surface area contributed by atoms with Crippen LogP contribution < -0.4 is 5.32 Å². The summed E-state index contributed by atoms with van der Waals surface area (Å²) in [5.74, 6) is 0. The first-order valence-corrected chi connectivity index (χ1v) is 9.11. The van der Waals surface area contributed by atoms with E-state index in [1.807, 2.05) is 0 Å². The summed E-state index contributed by atoms with van der Waals surface area (Å²) in [4.78, 5) is 0. The summed E-state index contributed by atoms with van der Waals surface area (Å²) in [6, 6.07) is 7.02. The molecule has 3 heteroatoms. The molecule has 0 aromatic heterocycles. The van der Waals surface area contributed by atoms with E-state index >= 15 is 0 Å². The highest BCUT2D eigenvalue weighted by atomic mass is 79.9. The number of halogens is 1. The Morgan fingerprint density at radius 2 is 2.29 bits per heavy atom. The van der Waals surface area contributed by atoms with E-state index in [1.54, 1.807) is 0 Å². The SMILES string of the molecule is CCCNC(CCCC1CCCO1)c1cccc(C)c1Br. The van der Waals surface area contributed by atoms with Gasteiger partial charge in [-0.25, -0.2) is 0 Å². The van der Waals surface area contributed by atoms with Gasteiger partial charge < -0.3 is 10.1 Å². The number of benzene rings is 1. The van der Waals surface area contributed by atoms with Crippen molar-refractivity contribution in [1.82, 2.24) is 5.32 Å². The average Bonchev–Trinajstić information content (AvgIpc) is 2.99. The molecule has 1 heterocycles. The van der Waals surface area contributed by atoms with Crippen molar-refractivity contribution in [3.8, 4) is 0 Å². The van der Waals surface area contributed by atoms with Gasteiger partial charge in [0, 0.05) is 17.1 Å². The van der Waals surface area contributed by atoms with Gasteiger partial charge in [0.15, 0.2) is 0 Å². The van der Waals surface area contributed by atoms with Gasteiger partial charge in [-0.3, -0.25) is 0 Å². The summed E-state index contributed by atoms with van der Waals surface area (Å²) in [5, 5.41) is 3.71. The van der Waals surface area contributed by atoms with E-state index in [1.165, 1.54) is 54.1 Å². The number of hydrogen-bond donors (Lipinski definition) is 1. The molecular weight excluding hydrogens is 326 g/mol. The van der Waals surface area contributed by atoms with Crippen LogP contribution in [0.15, 0.2) is 22.7 Å². The Morgan fingerprint density at radius 3 is 3.00 bits per heavy atom. The molecule has 0 spiro atoms. The summed E-state index contributed by atoms with van der Waals surface area (Å²) in [5.41, 5.74) is 2.71. The minimum Gasteiger partial charge on any atom is -0.378 e. The normalized spacial score (nSPS) is 19.9. The number of hydrogen-bond acceptors (Lipinski definition) is 2. The van der Waals surface area contributed by atoms with Gasteiger partial charge in [-0.15, -0.1) is 0 Å². The lowest BCUT2D eigenvalue weighted by Crippen LogP contribution is -2.23. The van der Waals surface area contributed by atoms with Crippen LogP contribution >= 0.6 is 15.9 Å². The van der Waals surface area contributed by atoms with Crippen molar-refractivity contribution in [1.29, 1.82) is 0 Å². The Hall–Kier alpha value is -0.380. The Kier molecular flexibility index (Phi) is 7.21. The topological polar surface area (TPSA) is 21.3 Å². The van der Waals surface area contributed by atoms with Gasteiger partial charge in [-0.2, -0.15) is 0 Å². The molecule has 0 radical (unpaired) electrons. The fourth-order valence-corrected chi connectivity index (χ4v) is 3.59. The number of aryl methyl sites for hydroxylation is 1. The van der Waals surface area contributed by atoms with Gasteiger partial charge in [-0.05, 0) is 63.1 Å². The second-order valence-electron chi connectivity index (χ2n) is 6.05. The molecule has 1 aliphatic heterocycles. The first kappa shape index (κ1) is 17.0. The van der Waals surface area contributed by atoms with Crippen LogP contribution in [0.4, 0.5) is 0 Å². The molecule has 2 atom stereocenters. The fraction of sp³-hybridized carbons (Fsp3) is 0.667. The molecule has 0 amide bonds. The molecule has 0 bridgehead atoms. The highest BCUT2D eigenvalue weighted by Crippen LogP contribution is 2.30. The summed E-state index contributed by atoms with van der Waals surface area (Å²) in [7, 11) is 0. The average molecular weight is 354 g/mol. The van der Waals surface area contributed by atoms with Crippen LogP contribution in [0.1, 0.15) is 62.6 Å². The molecule has 1 aliphatic rings. The molecule has 1 aromatic rings. The molecule has 2 unspecified atom stereocenters. The number of ether oxygens (including phenoxy) is 1. The van der Waals surface area contributed by atoms with E-state index in [9.17, 15) is 0 Å². The lowest BCUT2D eigenvalue weighted by atomic mass is 9.97. The van der Waals surface area contributed by atoms with E-state index in [2.05, 4.69) is 53.3 Å². The first-order chi connectivity index (χ1) is 10.2. The van der Waals surface area contributed by atoms with E-state index in [-0.39, 0.29) is 0 Å². The highest BCUT2D eigenvalue weighted by Gasteiger charge is 2.18. The van der Waals surface area contributed by atoms with Crippen LogP contribution in [0.3, 0.4) is 0 Å². The van der Waals surface area contributed by atoms with E-state index < -0.39 is 0 Å². The Morgan fingerprint density at radius 1 is 1.43 bits per heavy atom. The predicted molar refractivity (Wildman–Crippen MR) is 92.7 cm³/mol. The Bertz CT molecular complexity index is 429. The van der Waals surface area contributed by atoms with E-state index in [4.69, 9.17) is 4.74 Å². The summed E-state index contributed by atoms with van der Waals surface area (Å²) in [6.07, 6.45) is 7.79. The van der Waals surface area contributed by atoms with Crippen LogP contribution in [-0.2, 0) is 4.74 Å². The van der Waals surface area contributed by atoms with Crippen LogP contribution in [0.2, 0.25) is 0 Å². The minimum atomic E-state index is 0.445. The van der Waals surface area contributed by atoms with Gasteiger partial charge in [-0.1, -0.05) is 41.1 Å². The molecule has 2 rings (SSSR count). The standard InChI is InChI=1S/C18H28BrNO/c1-3-12-20-17(11-5-8-15-9-6-13-21-15)16-10-4-7-14(2)18(16)19/h4,7,10,15,17,20H,3,5-6,8-9,11-13H2,1-2H3. The van der Waals surface area contributed by atoms with Gasteiger partial charge in [0.1, 0.15) is 0 Å². The quantitative estimate of drug-likeness (QED) is 0.697. The molecule has 21 heavy (non-hydrogen) atoms. The maximum Gasteiger partial charge on any atom is 0.0576 e. The minimum absolute atomic E-state index is 0.445. The Labute approximate surface area is 137 Å². The third-order valence-corrected chi connectivity index (χ3v) is 5.36. The van der Waals surface area contributed by atoms with Gasteiger partial charge in [0.05, 0.1) is 6.10 Å². The summed E-state index contributed by atoms with van der Waals surface area (Å²) >= 11 is 3.77. The van der Waals surface area contributed by atoms with E-state index in [0.29, 0.717) is 12.1 Å². The second-order valence-corrected chi connectivity index (χ2v) is 6.84. The molecule has 1 aromatic carbocycles. The van der Waals surface area contributed by atoms with Crippen LogP contribution in [0.5, 0.6) is 0 Å². The maximum atomic E-state index is 5.73. The predicted octanol–water partition coefficient (Wildman–Crippen LogP) is 5.15. The zero-order chi connectivity index (χ0) is 15.1. The lowest BCUT2D eigenvalue weighted by molar-refractivity contribution is 0.101. The smallest absolute Gasteiger partial charge is 0.0576 e. The molecule has 2 nitrogen and oxygen atoms in total. The molecule has 1 fully saturated rings. The molecule has 118 valence electrons. The van der Waals surface area contributed by atoms with Crippen molar-refractivity contribution >= 4 is 15.9 Å². The van der Waals surface area contributed by atoms with Crippen molar-refractivity contribution in [2.75, 3.05) is 13.2 Å². The van der Waals surface area contributed by atoms with Gasteiger partial charge in [0.25, 0.3) is 0 Å².